The van der Waals surface area contributed by atoms with Crippen molar-refractivity contribution in [3.8, 4) is 0 Å². The SMILES string of the molecule is Cn1c(=O)n(C2CCN(C(=O)C3CCN(CCc4cc[nH]c(=O)c4)CC3)CC2)c2ccccc21. The minimum Gasteiger partial charge on any atom is -0.342 e. The first kappa shape index (κ1) is 22.7. The third-order valence-electron chi connectivity index (χ3n) is 7.63. The minimum absolute atomic E-state index is 0.0264. The molecule has 0 saturated carbocycles. The van der Waals surface area contributed by atoms with Gasteiger partial charge in [-0.1, -0.05) is 12.1 Å². The third-order valence-corrected chi connectivity index (χ3v) is 7.63. The number of rotatable bonds is 5. The van der Waals surface area contributed by atoms with Gasteiger partial charge in [0, 0.05) is 50.9 Å². The summed E-state index contributed by atoms with van der Waals surface area (Å²) in [5.74, 6) is 0.366. The number of aryl methyl sites for hydroxylation is 1. The lowest BCUT2D eigenvalue weighted by Gasteiger charge is -2.37. The molecule has 1 aromatic carbocycles. The molecule has 0 bridgehead atoms. The van der Waals surface area contributed by atoms with Gasteiger partial charge >= 0.3 is 5.69 Å². The Morgan fingerprint density at radius 1 is 0.971 bits per heavy atom. The van der Waals surface area contributed by atoms with E-state index in [1.807, 2.05) is 46.8 Å². The average molecular weight is 464 g/mol. The van der Waals surface area contributed by atoms with E-state index in [9.17, 15) is 14.4 Å². The lowest BCUT2D eigenvalue weighted by molar-refractivity contribution is -0.138. The van der Waals surface area contributed by atoms with Gasteiger partial charge in [0.1, 0.15) is 0 Å². The van der Waals surface area contributed by atoms with Crippen LogP contribution in [0.2, 0.25) is 0 Å². The van der Waals surface area contributed by atoms with Crippen molar-refractivity contribution in [1.82, 2.24) is 23.9 Å². The number of likely N-dealkylation sites (tertiary alicyclic amines) is 2. The zero-order chi connectivity index (χ0) is 23.7. The van der Waals surface area contributed by atoms with E-state index in [1.165, 1.54) is 0 Å². The van der Waals surface area contributed by atoms with E-state index in [4.69, 9.17) is 0 Å². The first-order valence-corrected chi connectivity index (χ1v) is 12.4. The molecule has 3 aromatic rings. The van der Waals surface area contributed by atoms with Crippen LogP contribution in [0.5, 0.6) is 0 Å². The number of piperidine rings is 2. The number of benzene rings is 1. The molecule has 2 fully saturated rings. The van der Waals surface area contributed by atoms with Gasteiger partial charge in [0.05, 0.1) is 11.0 Å². The molecule has 8 heteroatoms. The monoisotopic (exact) mass is 463 g/mol. The van der Waals surface area contributed by atoms with Crippen LogP contribution in [0.4, 0.5) is 0 Å². The van der Waals surface area contributed by atoms with Crippen molar-refractivity contribution in [1.29, 1.82) is 0 Å². The lowest BCUT2D eigenvalue weighted by atomic mass is 9.93. The Labute approximate surface area is 198 Å². The first-order chi connectivity index (χ1) is 16.5. The average Bonchev–Trinajstić information content (AvgIpc) is 3.13. The van der Waals surface area contributed by atoms with E-state index in [0.29, 0.717) is 13.1 Å². The molecule has 0 unspecified atom stereocenters. The molecule has 34 heavy (non-hydrogen) atoms. The summed E-state index contributed by atoms with van der Waals surface area (Å²) in [6.07, 6.45) is 5.95. The number of carbonyl (C=O) groups is 1. The summed E-state index contributed by atoms with van der Waals surface area (Å²) in [5, 5.41) is 0. The van der Waals surface area contributed by atoms with E-state index in [2.05, 4.69) is 9.88 Å². The molecule has 0 aliphatic carbocycles. The molecule has 5 rings (SSSR count). The summed E-state index contributed by atoms with van der Waals surface area (Å²) in [6, 6.07) is 11.7. The van der Waals surface area contributed by atoms with E-state index in [-0.39, 0.29) is 29.1 Å². The van der Waals surface area contributed by atoms with Crippen LogP contribution in [0.25, 0.3) is 11.0 Å². The largest absolute Gasteiger partial charge is 0.342 e. The predicted molar refractivity (Wildman–Crippen MR) is 132 cm³/mol. The standard InChI is InChI=1S/C26H33N5O3/c1-28-22-4-2-3-5-23(22)31(26(28)34)21-10-16-30(17-11-21)25(33)20-8-14-29(15-9-20)13-7-19-6-12-27-24(32)18-19/h2-6,12,18,20-21H,7-11,13-17H2,1H3,(H,27,32). The van der Waals surface area contributed by atoms with Crippen molar-refractivity contribution in [3.05, 3.63) is 69.0 Å². The highest BCUT2D eigenvalue weighted by Crippen LogP contribution is 2.28. The molecule has 180 valence electrons. The maximum Gasteiger partial charge on any atom is 0.329 e. The quantitative estimate of drug-likeness (QED) is 0.629. The summed E-state index contributed by atoms with van der Waals surface area (Å²) < 4.78 is 3.65. The molecule has 0 radical (unpaired) electrons. The highest BCUT2D eigenvalue weighted by Gasteiger charge is 2.32. The van der Waals surface area contributed by atoms with Crippen LogP contribution >= 0.6 is 0 Å². The minimum atomic E-state index is -0.0593. The molecule has 1 N–H and O–H groups in total. The van der Waals surface area contributed by atoms with Crippen molar-refractivity contribution in [2.24, 2.45) is 13.0 Å². The Bertz CT molecular complexity index is 1270. The van der Waals surface area contributed by atoms with E-state index >= 15 is 0 Å². The van der Waals surface area contributed by atoms with Gasteiger partial charge in [-0.15, -0.1) is 0 Å². The number of pyridine rings is 1. The lowest BCUT2D eigenvalue weighted by Crippen LogP contribution is -2.46. The number of nitrogens with one attached hydrogen (secondary N) is 1. The van der Waals surface area contributed by atoms with Gasteiger partial charge in [0.2, 0.25) is 11.5 Å². The Kier molecular flexibility index (Phi) is 6.41. The van der Waals surface area contributed by atoms with Gasteiger partial charge in [0.25, 0.3) is 0 Å². The second kappa shape index (κ2) is 9.62. The Hall–Kier alpha value is -3.13. The van der Waals surface area contributed by atoms with E-state index < -0.39 is 0 Å². The zero-order valence-electron chi connectivity index (χ0n) is 19.8. The van der Waals surface area contributed by atoms with Crippen LogP contribution < -0.4 is 11.2 Å². The summed E-state index contributed by atoms with van der Waals surface area (Å²) in [5.41, 5.74) is 2.95. The molecular weight excluding hydrogens is 430 g/mol. The second-order valence-electron chi connectivity index (χ2n) is 9.68. The van der Waals surface area contributed by atoms with E-state index in [1.54, 1.807) is 16.8 Å². The van der Waals surface area contributed by atoms with Gasteiger partial charge in [-0.2, -0.15) is 0 Å². The third kappa shape index (κ3) is 4.46. The zero-order valence-corrected chi connectivity index (χ0v) is 19.8. The molecular formula is C26H33N5O3. The number of aromatic nitrogens is 3. The van der Waals surface area contributed by atoms with Crippen LogP contribution in [0, 0.1) is 5.92 Å². The van der Waals surface area contributed by atoms with Crippen LogP contribution in [-0.2, 0) is 18.3 Å². The van der Waals surface area contributed by atoms with Gasteiger partial charge < -0.3 is 14.8 Å². The Balaban J connectivity index is 1.13. The predicted octanol–water partition coefficient (Wildman–Crippen LogP) is 2.15. The normalized spacial score (nSPS) is 18.6. The first-order valence-electron chi connectivity index (χ1n) is 12.4. The smallest absolute Gasteiger partial charge is 0.329 e. The van der Waals surface area contributed by atoms with Crippen LogP contribution in [0.15, 0.2) is 52.2 Å². The highest BCUT2D eigenvalue weighted by atomic mass is 16.2. The number of carbonyl (C=O) groups excluding carboxylic acids is 1. The number of imidazole rings is 1. The molecule has 2 aliphatic rings. The van der Waals surface area contributed by atoms with Gasteiger partial charge in [-0.3, -0.25) is 18.7 Å². The summed E-state index contributed by atoms with van der Waals surface area (Å²) in [4.78, 5) is 44.6. The second-order valence-corrected chi connectivity index (χ2v) is 9.68. The molecule has 8 nitrogen and oxygen atoms in total. The summed E-state index contributed by atoms with van der Waals surface area (Å²) >= 11 is 0. The number of nitrogens with zero attached hydrogens (tertiary/aromatic N) is 4. The van der Waals surface area contributed by atoms with Crippen molar-refractivity contribution < 1.29 is 4.79 Å². The van der Waals surface area contributed by atoms with Crippen molar-refractivity contribution in [2.45, 2.75) is 38.1 Å². The molecule has 4 heterocycles. The maximum absolute atomic E-state index is 13.2. The number of hydrogen-bond acceptors (Lipinski definition) is 4. The number of amides is 1. The Morgan fingerprint density at radius 2 is 1.68 bits per heavy atom. The van der Waals surface area contributed by atoms with Crippen molar-refractivity contribution in [3.63, 3.8) is 0 Å². The molecule has 0 spiro atoms. The topological polar surface area (TPSA) is 83.3 Å². The Morgan fingerprint density at radius 3 is 2.38 bits per heavy atom. The van der Waals surface area contributed by atoms with Crippen molar-refractivity contribution in [2.75, 3.05) is 32.7 Å². The molecule has 2 saturated heterocycles. The number of para-hydroxylation sites is 2. The number of H-pyrrole nitrogens is 1. The van der Waals surface area contributed by atoms with E-state index in [0.717, 1.165) is 68.3 Å². The number of hydrogen-bond donors (Lipinski definition) is 1. The number of aromatic amines is 1. The summed E-state index contributed by atoms with van der Waals surface area (Å²) in [7, 11) is 1.83. The number of fused-ring (bicyclic) bond motifs is 1. The highest BCUT2D eigenvalue weighted by molar-refractivity contribution is 5.79. The molecule has 1 amide bonds. The maximum atomic E-state index is 13.2. The fourth-order valence-electron chi connectivity index (χ4n) is 5.61. The molecule has 2 aromatic heterocycles. The summed E-state index contributed by atoms with van der Waals surface area (Å²) in [6.45, 7) is 4.17. The fraction of sp³-hybridized carbons (Fsp3) is 0.500. The van der Waals surface area contributed by atoms with Crippen molar-refractivity contribution >= 4 is 16.9 Å². The van der Waals surface area contributed by atoms with Crippen LogP contribution in [-0.4, -0.2) is 62.5 Å². The fourth-order valence-corrected chi connectivity index (χ4v) is 5.61. The van der Waals surface area contributed by atoms with Gasteiger partial charge in [-0.25, -0.2) is 4.79 Å². The van der Waals surface area contributed by atoms with Gasteiger partial charge in [0.15, 0.2) is 0 Å². The molecule has 0 atom stereocenters. The van der Waals surface area contributed by atoms with Gasteiger partial charge in [-0.05, 0) is 69.0 Å². The van der Waals surface area contributed by atoms with Crippen LogP contribution in [0.3, 0.4) is 0 Å². The van der Waals surface area contributed by atoms with Crippen LogP contribution in [0.1, 0.15) is 37.3 Å². The molecule has 2 aliphatic heterocycles.